The monoisotopic (exact) mass is 512 g/mol. The predicted molar refractivity (Wildman–Crippen MR) is 156 cm³/mol. The van der Waals surface area contributed by atoms with Crippen LogP contribution in [-0.2, 0) is 9.47 Å². The zero-order valence-corrected chi connectivity index (χ0v) is 22.8. The minimum atomic E-state index is -0.574. The molecule has 0 N–H and O–H groups in total. The van der Waals surface area contributed by atoms with E-state index in [0.717, 1.165) is 12.6 Å². The van der Waals surface area contributed by atoms with Crippen LogP contribution in [0.5, 0.6) is 0 Å². The normalized spacial score (nSPS) is 21.8. The van der Waals surface area contributed by atoms with Crippen LogP contribution in [0.2, 0.25) is 0 Å². The summed E-state index contributed by atoms with van der Waals surface area (Å²) in [5.41, 5.74) is 0.470. The molecule has 1 saturated carbocycles. The number of benzene rings is 4. The molecule has 0 aromatic heterocycles. The van der Waals surface area contributed by atoms with Gasteiger partial charge in [0.1, 0.15) is 0 Å². The summed E-state index contributed by atoms with van der Waals surface area (Å²) >= 11 is 0. The molecule has 0 unspecified atom stereocenters. The van der Waals surface area contributed by atoms with Crippen LogP contribution in [0.4, 0.5) is 0 Å². The zero-order chi connectivity index (χ0) is 24.7. The SMILES string of the molecule is CO[C@H]1[C@H](CP(c2ccccc2)c2ccccc2)[C@H](P(c2ccccc2)c2ccccc2)C[C@@H]1OC. The molecule has 5 rings (SSSR count). The van der Waals surface area contributed by atoms with Crippen molar-refractivity contribution in [2.45, 2.75) is 24.3 Å². The molecule has 0 aliphatic heterocycles. The third-order valence-corrected chi connectivity index (χ3v) is 12.9. The van der Waals surface area contributed by atoms with Gasteiger partial charge in [-0.1, -0.05) is 121 Å². The van der Waals surface area contributed by atoms with E-state index in [9.17, 15) is 0 Å². The van der Waals surface area contributed by atoms with E-state index in [1.54, 1.807) is 0 Å². The molecule has 2 nitrogen and oxygen atoms in total. The van der Waals surface area contributed by atoms with Crippen molar-refractivity contribution in [3.05, 3.63) is 121 Å². The van der Waals surface area contributed by atoms with Crippen molar-refractivity contribution < 1.29 is 9.47 Å². The fourth-order valence-corrected chi connectivity index (χ4v) is 11.6. The van der Waals surface area contributed by atoms with E-state index in [1.165, 1.54) is 21.2 Å². The largest absolute Gasteiger partial charge is 0.379 e. The highest BCUT2D eigenvalue weighted by molar-refractivity contribution is 7.74. The molecule has 0 bridgehead atoms. The van der Waals surface area contributed by atoms with Gasteiger partial charge in [0.2, 0.25) is 0 Å². The number of ether oxygens (including phenoxy) is 2. The van der Waals surface area contributed by atoms with Gasteiger partial charge in [0, 0.05) is 14.2 Å². The average molecular weight is 513 g/mol. The summed E-state index contributed by atoms with van der Waals surface area (Å²) in [5, 5.41) is 5.72. The van der Waals surface area contributed by atoms with Gasteiger partial charge < -0.3 is 9.47 Å². The molecule has 4 aromatic rings. The molecule has 0 radical (unpaired) electrons. The molecule has 36 heavy (non-hydrogen) atoms. The molecular weight excluding hydrogens is 478 g/mol. The second kappa shape index (κ2) is 12.3. The molecule has 0 saturated heterocycles. The summed E-state index contributed by atoms with van der Waals surface area (Å²) in [6.07, 6.45) is 2.29. The van der Waals surface area contributed by atoms with Gasteiger partial charge in [0.15, 0.2) is 0 Å². The fraction of sp³-hybridized carbons (Fsp3) is 0.250. The van der Waals surface area contributed by atoms with Crippen molar-refractivity contribution in [2.24, 2.45) is 5.92 Å². The van der Waals surface area contributed by atoms with E-state index in [1.807, 2.05) is 14.2 Å². The smallest absolute Gasteiger partial charge is 0.0870 e. The number of hydrogen-bond donors (Lipinski definition) is 0. The zero-order valence-electron chi connectivity index (χ0n) is 21.0. The summed E-state index contributed by atoms with van der Waals surface area (Å²) < 4.78 is 12.3. The summed E-state index contributed by atoms with van der Waals surface area (Å²) in [7, 11) is 2.61. The molecule has 0 heterocycles. The first kappa shape index (κ1) is 25.3. The van der Waals surface area contributed by atoms with Gasteiger partial charge in [0.05, 0.1) is 12.2 Å². The molecule has 4 heteroatoms. The summed E-state index contributed by atoms with van der Waals surface area (Å²) in [5.74, 6) is 0.387. The quantitative estimate of drug-likeness (QED) is 0.269. The van der Waals surface area contributed by atoms with Crippen LogP contribution in [-0.4, -0.2) is 38.2 Å². The van der Waals surface area contributed by atoms with Crippen molar-refractivity contribution in [2.75, 3.05) is 20.4 Å². The summed E-state index contributed by atoms with van der Waals surface area (Å²) in [6.45, 7) is 0. The topological polar surface area (TPSA) is 18.5 Å². The Hall–Kier alpha value is -2.34. The lowest BCUT2D eigenvalue weighted by atomic mass is 10.1. The van der Waals surface area contributed by atoms with Gasteiger partial charge in [-0.2, -0.15) is 0 Å². The van der Waals surface area contributed by atoms with E-state index < -0.39 is 15.8 Å². The first-order valence-electron chi connectivity index (χ1n) is 12.6. The second-order valence-electron chi connectivity index (χ2n) is 9.26. The lowest BCUT2D eigenvalue weighted by molar-refractivity contribution is -0.0305. The van der Waals surface area contributed by atoms with E-state index in [0.29, 0.717) is 11.6 Å². The highest BCUT2D eigenvalue weighted by Crippen LogP contribution is 2.54. The number of rotatable bonds is 9. The van der Waals surface area contributed by atoms with E-state index in [2.05, 4.69) is 121 Å². The van der Waals surface area contributed by atoms with Crippen molar-refractivity contribution in [1.82, 2.24) is 0 Å². The van der Waals surface area contributed by atoms with Crippen molar-refractivity contribution in [3.63, 3.8) is 0 Å². The Morgan fingerprint density at radius 1 is 0.583 bits per heavy atom. The van der Waals surface area contributed by atoms with Gasteiger partial charge in [-0.25, -0.2) is 0 Å². The molecule has 4 atom stereocenters. The average Bonchev–Trinajstić information content (AvgIpc) is 3.30. The maximum Gasteiger partial charge on any atom is 0.0870 e. The molecule has 0 spiro atoms. The number of hydrogen-bond acceptors (Lipinski definition) is 2. The Morgan fingerprint density at radius 3 is 1.39 bits per heavy atom. The first-order valence-corrected chi connectivity index (χ1v) is 15.6. The van der Waals surface area contributed by atoms with Crippen LogP contribution >= 0.6 is 15.8 Å². The molecule has 184 valence electrons. The van der Waals surface area contributed by atoms with Crippen LogP contribution in [0.3, 0.4) is 0 Å². The lowest BCUT2D eigenvalue weighted by Crippen LogP contribution is -2.35. The van der Waals surface area contributed by atoms with Gasteiger partial charge >= 0.3 is 0 Å². The van der Waals surface area contributed by atoms with Crippen molar-refractivity contribution >= 4 is 37.1 Å². The van der Waals surface area contributed by atoms with Crippen molar-refractivity contribution in [3.8, 4) is 0 Å². The number of methoxy groups -OCH3 is 2. The molecule has 1 aliphatic carbocycles. The highest BCUT2D eigenvalue weighted by atomic mass is 31.1. The van der Waals surface area contributed by atoms with Gasteiger partial charge in [0.25, 0.3) is 0 Å². The van der Waals surface area contributed by atoms with Crippen LogP contribution in [0, 0.1) is 5.92 Å². The Kier molecular flexibility index (Phi) is 8.63. The fourth-order valence-electron chi connectivity index (χ4n) is 5.62. The Balaban J connectivity index is 1.59. The maximum atomic E-state index is 6.25. The summed E-state index contributed by atoms with van der Waals surface area (Å²) in [6, 6.07) is 44.3. The minimum absolute atomic E-state index is 0.0786. The minimum Gasteiger partial charge on any atom is -0.379 e. The summed E-state index contributed by atoms with van der Waals surface area (Å²) in [4.78, 5) is 0. The van der Waals surface area contributed by atoms with E-state index >= 15 is 0 Å². The Bertz CT molecular complexity index is 1110. The third-order valence-electron chi connectivity index (χ3n) is 7.26. The molecular formula is C32H34O2P2. The van der Waals surface area contributed by atoms with Crippen LogP contribution in [0.15, 0.2) is 121 Å². The Labute approximate surface area is 218 Å². The van der Waals surface area contributed by atoms with Crippen LogP contribution in [0.1, 0.15) is 6.42 Å². The van der Waals surface area contributed by atoms with Gasteiger partial charge in [-0.15, -0.1) is 0 Å². The first-order chi connectivity index (χ1) is 17.8. The van der Waals surface area contributed by atoms with Gasteiger partial charge in [-0.3, -0.25) is 0 Å². The van der Waals surface area contributed by atoms with Crippen molar-refractivity contribution in [1.29, 1.82) is 0 Å². The van der Waals surface area contributed by atoms with Gasteiger partial charge in [-0.05, 0) is 61.2 Å². The van der Waals surface area contributed by atoms with Crippen LogP contribution < -0.4 is 21.2 Å². The molecule has 1 aliphatic rings. The maximum absolute atomic E-state index is 6.25. The van der Waals surface area contributed by atoms with Crippen LogP contribution in [0.25, 0.3) is 0 Å². The van der Waals surface area contributed by atoms with E-state index in [4.69, 9.17) is 9.47 Å². The predicted octanol–water partition coefficient (Wildman–Crippen LogP) is 5.67. The third kappa shape index (κ3) is 5.49. The second-order valence-corrected chi connectivity index (χ2v) is 14.0. The lowest BCUT2D eigenvalue weighted by Gasteiger charge is -2.34. The highest BCUT2D eigenvalue weighted by Gasteiger charge is 2.48. The molecule has 0 amide bonds. The molecule has 1 fully saturated rings. The van der Waals surface area contributed by atoms with E-state index in [-0.39, 0.29) is 12.2 Å². The Morgan fingerprint density at radius 2 is 1.00 bits per heavy atom. The standard InChI is InChI=1S/C32H34O2P2/c1-33-30-23-31(36(27-19-11-5-12-20-27)28-21-13-6-14-22-28)29(32(30)34-2)24-35(25-15-7-3-8-16-25)26-17-9-4-10-18-26/h3-22,29-32H,23-24H2,1-2H3/t29-,30+,31-,32+/m1/s1. The molecule has 4 aromatic carbocycles.